The Balaban J connectivity index is 1.25. The van der Waals surface area contributed by atoms with Crippen LogP contribution in [0.25, 0.3) is 0 Å². The normalized spacial score (nSPS) is 29.4. The van der Waals surface area contributed by atoms with E-state index in [4.69, 9.17) is 16.9 Å². The maximum atomic E-state index is 12.5. The maximum Gasteiger partial charge on any atom is 0.253 e. The number of nitriles is 1. The molecule has 0 bridgehead atoms. The highest BCUT2D eigenvalue weighted by Gasteiger charge is 2.56. The Morgan fingerprint density at radius 1 is 1.31 bits per heavy atom. The Bertz CT molecular complexity index is 765. The van der Waals surface area contributed by atoms with Crippen LogP contribution in [0.15, 0.2) is 24.3 Å². The molecular formula is C19H21ClN4O2. The van der Waals surface area contributed by atoms with Gasteiger partial charge in [-0.25, -0.2) is 0 Å². The molecule has 2 saturated heterocycles. The van der Waals surface area contributed by atoms with Gasteiger partial charge in [0.25, 0.3) is 5.91 Å². The molecule has 1 aromatic carbocycles. The molecule has 4 rings (SSSR count). The zero-order chi connectivity index (χ0) is 18.3. The zero-order valence-electron chi connectivity index (χ0n) is 14.4. The highest BCUT2D eigenvalue weighted by molar-refractivity contribution is 6.30. The van der Waals surface area contributed by atoms with E-state index in [2.05, 4.69) is 11.4 Å². The molecule has 0 radical (unpaired) electrons. The number of carbonyl (C=O) groups excluding carboxylic acids is 2. The average molecular weight is 373 g/mol. The van der Waals surface area contributed by atoms with E-state index in [1.54, 1.807) is 29.2 Å². The van der Waals surface area contributed by atoms with E-state index < -0.39 is 0 Å². The minimum Gasteiger partial charge on any atom is -0.338 e. The van der Waals surface area contributed by atoms with E-state index in [0.29, 0.717) is 48.1 Å². The first kappa shape index (κ1) is 17.3. The number of hydrogen-bond donors (Lipinski definition) is 1. The molecule has 2 unspecified atom stereocenters. The molecular weight excluding hydrogens is 352 g/mol. The fraction of sp³-hybridized carbons (Fsp3) is 0.526. The number of likely N-dealkylation sites (tertiary alicyclic amines) is 2. The Labute approximate surface area is 157 Å². The van der Waals surface area contributed by atoms with Crippen molar-refractivity contribution in [1.82, 2.24) is 15.1 Å². The summed E-state index contributed by atoms with van der Waals surface area (Å²) in [7, 11) is 0. The third-order valence-corrected chi connectivity index (χ3v) is 6.00. The summed E-state index contributed by atoms with van der Waals surface area (Å²) in [6, 6.07) is 9.26. The fourth-order valence-corrected chi connectivity index (χ4v) is 4.50. The minimum atomic E-state index is -0.270. The number of amides is 2. The van der Waals surface area contributed by atoms with Crippen LogP contribution >= 0.6 is 11.6 Å². The Hall–Kier alpha value is -2.10. The standard InChI is InChI=1S/C19H21ClN4O2/c20-13-4-1-3-12(7-13)19(26)23-10-15-16(11-23)18(15)22-9-17(25)24-6-2-5-14(24)8-21/h1,3-4,7,14-16,18,22H,2,5-6,9-11H2/t14-,15?,16?,18?/m0/s1. The quantitative estimate of drug-likeness (QED) is 0.869. The SMILES string of the molecule is N#C[C@@H]1CCCN1C(=O)CNC1C2CN(C(=O)c3cccc(Cl)c3)CC21. The number of nitrogens with zero attached hydrogens (tertiary/aromatic N) is 3. The number of fused-ring (bicyclic) bond motifs is 1. The number of benzene rings is 1. The molecule has 0 aromatic heterocycles. The molecule has 6 nitrogen and oxygen atoms in total. The number of carbonyl (C=O) groups is 2. The van der Waals surface area contributed by atoms with Gasteiger partial charge in [0.1, 0.15) is 6.04 Å². The summed E-state index contributed by atoms with van der Waals surface area (Å²) in [4.78, 5) is 28.4. The molecule has 136 valence electrons. The van der Waals surface area contributed by atoms with Crippen LogP contribution in [0.4, 0.5) is 0 Å². The Morgan fingerprint density at radius 3 is 2.77 bits per heavy atom. The molecule has 1 aromatic rings. The highest BCUT2D eigenvalue weighted by Crippen LogP contribution is 2.45. The molecule has 3 atom stereocenters. The van der Waals surface area contributed by atoms with Gasteiger partial charge >= 0.3 is 0 Å². The van der Waals surface area contributed by atoms with Gasteiger partial charge in [-0.1, -0.05) is 17.7 Å². The zero-order valence-corrected chi connectivity index (χ0v) is 15.2. The van der Waals surface area contributed by atoms with Gasteiger partial charge in [-0.05, 0) is 42.9 Å². The molecule has 2 amide bonds. The van der Waals surface area contributed by atoms with Crippen molar-refractivity contribution >= 4 is 23.4 Å². The van der Waals surface area contributed by atoms with Crippen molar-refractivity contribution < 1.29 is 9.59 Å². The summed E-state index contributed by atoms with van der Waals surface area (Å²) in [5.41, 5.74) is 0.620. The second kappa shape index (κ2) is 6.90. The van der Waals surface area contributed by atoms with Crippen molar-refractivity contribution in [3.8, 4) is 6.07 Å². The van der Waals surface area contributed by atoms with Crippen LogP contribution in [-0.2, 0) is 4.79 Å². The summed E-state index contributed by atoms with van der Waals surface area (Å²) in [6.07, 6.45) is 1.68. The van der Waals surface area contributed by atoms with Crippen molar-refractivity contribution in [3.63, 3.8) is 0 Å². The van der Waals surface area contributed by atoms with Crippen LogP contribution < -0.4 is 5.32 Å². The van der Waals surface area contributed by atoms with E-state index in [-0.39, 0.29) is 24.4 Å². The van der Waals surface area contributed by atoms with E-state index in [9.17, 15) is 9.59 Å². The van der Waals surface area contributed by atoms with Crippen LogP contribution in [0.1, 0.15) is 23.2 Å². The van der Waals surface area contributed by atoms with Gasteiger partial charge in [0.05, 0.1) is 12.6 Å². The van der Waals surface area contributed by atoms with Crippen molar-refractivity contribution in [2.24, 2.45) is 11.8 Å². The molecule has 1 N–H and O–H groups in total. The van der Waals surface area contributed by atoms with Gasteiger partial charge in [0.2, 0.25) is 5.91 Å². The fourth-order valence-electron chi connectivity index (χ4n) is 4.31. The molecule has 2 aliphatic heterocycles. The third kappa shape index (κ3) is 3.17. The summed E-state index contributed by atoms with van der Waals surface area (Å²) in [5, 5.41) is 13.0. The summed E-state index contributed by atoms with van der Waals surface area (Å²) < 4.78 is 0. The molecule has 7 heteroatoms. The lowest BCUT2D eigenvalue weighted by molar-refractivity contribution is -0.130. The topological polar surface area (TPSA) is 76.4 Å². The van der Waals surface area contributed by atoms with Gasteiger partial charge in [0, 0.05) is 36.3 Å². The van der Waals surface area contributed by atoms with Gasteiger partial charge in [-0.2, -0.15) is 5.26 Å². The summed E-state index contributed by atoms with van der Waals surface area (Å²) >= 11 is 5.96. The van der Waals surface area contributed by atoms with Crippen molar-refractivity contribution in [1.29, 1.82) is 5.26 Å². The van der Waals surface area contributed by atoms with Gasteiger partial charge < -0.3 is 15.1 Å². The van der Waals surface area contributed by atoms with Crippen LogP contribution in [0.5, 0.6) is 0 Å². The van der Waals surface area contributed by atoms with Gasteiger partial charge in [-0.15, -0.1) is 0 Å². The first-order valence-corrected chi connectivity index (χ1v) is 9.43. The minimum absolute atomic E-state index is 0.00545. The lowest BCUT2D eigenvalue weighted by Gasteiger charge is -2.22. The van der Waals surface area contributed by atoms with Gasteiger partial charge in [-0.3, -0.25) is 9.59 Å². The van der Waals surface area contributed by atoms with Crippen LogP contribution in [0, 0.1) is 23.2 Å². The van der Waals surface area contributed by atoms with E-state index in [1.165, 1.54) is 0 Å². The predicted molar refractivity (Wildman–Crippen MR) is 96.5 cm³/mol. The molecule has 3 fully saturated rings. The van der Waals surface area contributed by atoms with Crippen LogP contribution in [-0.4, -0.2) is 59.9 Å². The number of nitrogens with one attached hydrogen (secondary N) is 1. The second-order valence-electron chi connectivity index (χ2n) is 7.33. The predicted octanol–water partition coefficient (Wildman–Crippen LogP) is 1.51. The summed E-state index contributed by atoms with van der Waals surface area (Å²) in [6.45, 7) is 2.38. The Morgan fingerprint density at radius 2 is 2.08 bits per heavy atom. The molecule has 3 aliphatic rings. The second-order valence-corrected chi connectivity index (χ2v) is 7.77. The summed E-state index contributed by atoms with van der Waals surface area (Å²) in [5.74, 6) is 0.849. The first-order valence-electron chi connectivity index (χ1n) is 9.06. The molecule has 26 heavy (non-hydrogen) atoms. The van der Waals surface area contributed by atoms with Crippen molar-refractivity contribution in [3.05, 3.63) is 34.9 Å². The van der Waals surface area contributed by atoms with Crippen molar-refractivity contribution in [2.45, 2.75) is 24.9 Å². The molecule has 1 aliphatic carbocycles. The third-order valence-electron chi connectivity index (χ3n) is 5.76. The van der Waals surface area contributed by atoms with Gasteiger partial charge in [0.15, 0.2) is 0 Å². The largest absolute Gasteiger partial charge is 0.338 e. The smallest absolute Gasteiger partial charge is 0.253 e. The van der Waals surface area contributed by atoms with Crippen molar-refractivity contribution in [2.75, 3.05) is 26.2 Å². The number of rotatable bonds is 4. The average Bonchev–Trinajstić information content (AvgIpc) is 3.03. The lowest BCUT2D eigenvalue weighted by atomic mass is 10.2. The van der Waals surface area contributed by atoms with E-state index in [0.717, 1.165) is 12.8 Å². The molecule has 2 heterocycles. The highest BCUT2D eigenvalue weighted by atomic mass is 35.5. The first-order chi connectivity index (χ1) is 12.6. The molecule has 1 saturated carbocycles. The number of hydrogen-bond acceptors (Lipinski definition) is 4. The van der Waals surface area contributed by atoms with Crippen LogP contribution in [0.2, 0.25) is 5.02 Å². The van der Waals surface area contributed by atoms with E-state index in [1.807, 2.05) is 4.90 Å². The number of piperidine rings is 1. The van der Waals surface area contributed by atoms with E-state index >= 15 is 0 Å². The lowest BCUT2D eigenvalue weighted by Crippen LogP contribution is -2.43. The number of halogens is 1. The maximum absolute atomic E-state index is 12.5. The molecule has 0 spiro atoms. The monoisotopic (exact) mass is 372 g/mol. The van der Waals surface area contributed by atoms with Crippen LogP contribution in [0.3, 0.4) is 0 Å². The Kier molecular flexibility index (Phi) is 4.60.